The van der Waals surface area contributed by atoms with Crippen molar-refractivity contribution in [1.82, 2.24) is 39.7 Å². The predicted molar refractivity (Wildman–Crippen MR) is 105 cm³/mol. The molecular weight excluding hydrogens is 356 g/mol. The lowest BCUT2D eigenvalue weighted by Gasteiger charge is -2.34. The first-order valence-electron chi connectivity index (χ1n) is 9.43. The monoisotopic (exact) mass is 382 g/mol. The van der Waals surface area contributed by atoms with E-state index < -0.39 is 0 Å². The third-order valence-corrected chi connectivity index (χ3v) is 5.32. The molecular formula is C19H26N8O. The van der Waals surface area contributed by atoms with Gasteiger partial charge in [-0.3, -0.25) is 9.89 Å². The Bertz CT molecular complexity index is 976. The Morgan fingerprint density at radius 2 is 2.11 bits per heavy atom. The molecule has 1 aliphatic carbocycles. The molecule has 0 bridgehead atoms. The average molecular weight is 382 g/mol. The quantitative estimate of drug-likeness (QED) is 0.669. The van der Waals surface area contributed by atoms with Crippen molar-refractivity contribution >= 4 is 5.91 Å². The van der Waals surface area contributed by atoms with Crippen LogP contribution < -0.4 is 5.32 Å². The molecule has 1 fully saturated rings. The standard InChI is InChI=1S/C19H26N8O/c1-25(2)11-17-23-24-18(27(17)4)12-8-13(9-12)20-19(28)15-10-14(21-22-15)16-6-5-7-26(16)3/h5-7,10,12-13H,8-9,11H2,1-4H3,(H,20,28)(H,21,22). The van der Waals surface area contributed by atoms with Crippen LogP contribution >= 0.6 is 0 Å². The largest absolute Gasteiger partial charge is 0.349 e. The van der Waals surface area contributed by atoms with Crippen molar-refractivity contribution in [1.29, 1.82) is 0 Å². The van der Waals surface area contributed by atoms with Crippen LogP contribution in [0.5, 0.6) is 0 Å². The summed E-state index contributed by atoms with van der Waals surface area (Å²) in [5, 5.41) is 18.8. The summed E-state index contributed by atoms with van der Waals surface area (Å²) in [5.74, 6) is 2.16. The van der Waals surface area contributed by atoms with Crippen molar-refractivity contribution in [2.75, 3.05) is 14.1 Å². The Balaban J connectivity index is 1.34. The highest BCUT2D eigenvalue weighted by atomic mass is 16.2. The van der Waals surface area contributed by atoms with E-state index in [1.807, 2.05) is 51.1 Å². The molecule has 4 rings (SSSR count). The normalized spacial score (nSPS) is 19.0. The zero-order chi connectivity index (χ0) is 19.8. The molecule has 3 aromatic rings. The first kappa shape index (κ1) is 18.4. The van der Waals surface area contributed by atoms with Crippen LogP contribution in [0.15, 0.2) is 24.4 Å². The van der Waals surface area contributed by atoms with Crippen LogP contribution in [-0.2, 0) is 20.6 Å². The average Bonchev–Trinajstić information content (AvgIpc) is 3.32. The lowest BCUT2D eigenvalue weighted by atomic mass is 9.79. The third-order valence-electron chi connectivity index (χ3n) is 5.32. The van der Waals surface area contributed by atoms with Crippen LogP contribution in [0.2, 0.25) is 0 Å². The van der Waals surface area contributed by atoms with Crippen molar-refractivity contribution < 1.29 is 4.79 Å². The fraction of sp³-hybridized carbons (Fsp3) is 0.474. The molecule has 1 amide bonds. The third kappa shape index (κ3) is 3.45. The summed E-state index contributed by atoms with van der Waals surface area (Å²) in [6.45, 7) is 0.764. The van der Waals surface area contributed by atoms with E-state index in [0.717, 1.165) is 42.4 Å². The van der Waals surface area contributed by atoms with Gasteiger partial charge in [-0.2, -0.15) is 5.10 Å². The van der Waals surface area contributed by atoms with Gasteiger partial charge in [0.2, 0.25) is 0 Å². The highest BCUT2D eigenvalue weighted by molar-refractivity contribution is 5.93. The van der Waals surface area contributed by atoms with Crippen LogP contribution in [0.1, 0.15) is 40.9 Å². The summed E-state index contributed by atoms with van der Waals surface area (Å²) in [6.07, 6.45) is 3.70. The van der Waals surface area contributed by atoms with Gasteiger partial charge in [0.05, 0.1) is 12.2 Å². The van der Waals surface area contributed by atoms with Crippen molar-refractivity contribution in [3.05, 3.63) is 41.7 Å². The number of nitrogens with zero attached hydrogens (tertiary/aromatic N) is 6. The molecule has 0 radical (unpaired) electrons. The molecule has 9 heteroatoms. The minimum Gasteiger partial charge on any atom is -0.349 e. The molecule has 28 heavy (non-hydrogen) atoms. The van der Waals surface area contributed by atoms with Crippen LogP contribution in [-0.4, -0.2) is 60.5 Å². The first-order valence-corrected chi connectivity index (χ1v) is 9.43. The molecule has 3 heterocycles. The van der Waals surface area contributed by atoms with Gasteiger partial charge in [0.25, 0.3) is 5.91 Å². The molecule has 0 unspecified atom stereocenters. The summed E-state index contributed by atoms with van der Waals surface area (Å²) in [5.41, 5.74) is 2.21. The molecule has 0 atom stereocenters. The summed E-state index contributed by atoms with van der Waals surface area (Å²) >= 11 is 0. The lowest BCUT2D eigenvalue weighted by molar-refractivity contribution is 0.0901. The van der Waals surface area contributed by atoms with Crippen molar-refractivity contribution in [2.24, 2.45) is 14.1 Å². The second-order valence-electron chi connectivity index (χ2n) is 7.78. The van der Waals surface area contributed by atoms with E-state index >= 15 is 0 Å². The Hall–Kier alpha value is -2.94. The Kier molecular flexibility index (Phi) is 4.76. The molecule has 3 aromatic heterocycles. The maximum absolute atomic E-state index is 12.5. The van der Waals surface area contributed by atoms with E-state index in [9.17, 15) is 4.79 Å². The van der Waals surface area contributed by atoms with Crippen LogP contribution in [0.3, 0.4) is 0 Å². The number of aromatic nitrogens is 6. The summed E-state index contributed by atoms with van der Waals surface area (Å²) in [7, 11) is 7.99. The number of carbonyl (C=O) groups is 1. The van der Waals surface area contributed by atoms with Crippen LogP contribution in [0.4, 0.5) is 0 Å². The van der Waals surface area contributed by atoms with Gasteiger partial charge in [0, 0.05) is 32.3 Å². The smallest absolute Gasteiger partial charge is 0.269 e. The van der Waals surface area contributed by atoms with Gasteiger partial charge in [-0.05, 0) is 45.1 Å². The molecule has 0 aliphatic heterocycles. The number of aromatic amines is 1. The highest BCUT2D eigenvalue weighted by Gasteiger charge is 2.35. The van der Waals surface area contributed by atoms with Crippen LogP contribution in [0, 0.1) is 0 Å². The molecule has 0 aromatic carbocycles. The van der Waals surface area contributed by atoms with E-state index in [0.29, 0.717) is 11.6 Å². The van der Waals surface area contributed by atoms with Crippen molar-refractivity contribution in [2.45, 2.75) is 31.3 Å². The van der Waals surface area contributed by atoms with E-state index in [1.165, 1.54) is 0 Å². The Labute approximate surface area is 163 Å². The zero-order valence-corrected chi connectivity index (χ0v) is 16.7. The molecule has 0 saturated heterocycles. The molecule has 1 aliphatic rings. The van der Waals surface area contributed by atoms with Gasteiger partial charge < -0.3 is 19.4 Å². The number of nitrogens with one attached hydrogen (secondary N) is 2. The summed E-state index contributed by atoms with van der Waals surface area (Å²) < 4.78 is 4.05. The van der Waals surface area contributed by atoms with E-state index in [4.69, 9.17) is 0 Å². The van der Waals surface area contributed by atoms with Crippen molar-refractivity contribution in [3.8, 4) is 11.4 Å². The Morgan fingerprint density at radius 3 is 2.79 bits per heavy atom. The molecule has 2 N–H and O–H groups in total. The minimum absolute atomic E-state index is 0.123. The van der Waals surface area contributed by atoms with Gasteiger partial charge in [-0.15, -0.1) is 10.2 Å². The van der Waals surface area contributed by atoms with E-state index in [1.54, 1.807) is 6.07 Å². The molecule has 0 spiro atoms. The summed E-state index contributed by atoms with van der Waals surface area (Å²) in [4.78, 5) is 14.6. The molecule has 148 valence electrons. The minimum atomic E-state index is -0.123. The number of rotatable bonds is 6. The fourth-order valence-electron chi connectivity index (χ4n) is 3.66. The van der Waals surface area contributed by atoms with Gasteiger partial charge in [0.1, 0.15) is 23.0 Å². The second-order valence-corrected chi connectivity index (χ2v) is 7.78. The molecule has 9 nitrogen and oxygen atoms in total. The van der Waals surface area contributed by atoms with Gasteiger partial charge in [0.15, 0.2) is 0 Å². The number of aryl methyl sites for hydroxylation is 1. The summed E-state index contributed by atoms with van der Waals surface area (Å²) in [6, 6.07) is 5.86. The SMILES string of the molecule is CN(C)Cc1nnc(C2CC(NC(=O)c3cc(-c4cccn4C)n[nH]3)C2)n1C. The van der Waals surface area contributed by atoms with Crippen LogP contribution in [0.25, 0.3) is 11.4 Å². The second kappa shape index (κ2) is 7.23. The predicted octanol–water partition coefficient (Wildman–Crippen LogP) is 1.28. The number of hydrogen-bond acceptors (Lipinski definition) is 5. The maximum Gasteiger partial charge on any atom is 0.269 e. The Morgan fingerprint density at radius 1 is 1.32 bits per heavy atom. The highest BCUT2D eigenvalue weighted by Crippen LogP contribution is 2.36. The van der Waals surface area contributed by atoms with E-state index in [2.05, 4.69) is 35.2 Å². The number of amides is 1. The van der Waals surface area contributed by atoms with Gasteiger partial charge >= 0.3 is 0 Å². The van der Waals surface area contributed by atoms with Gasteiger partial charge in [-0.25, -0.2) is 0 Å². The van der Waals surface area contributed by atoms with E-state index in [-0.39, 0.29) is 11.9 Å². The first-order chi connectivity index (χ1) is 13.4. The number of carbonyl (C=O) groups excluding carboxylic acids is 1. The molecule has 1 saturated carbocycles. The number of hydrogen-bond donors (Lipinski definition) is 2. The van der Waals surface area contributed by atoms with Gasteiger partial charge in [-0.1, -0.05) is 0 Å². The number of H-pyrrole nitrogens is 1. The fourth-order valence-corrected chi connectivity index (χ4v) is 3.66. The lowest BCUT2D eigenvalue weighted by Crippen LogP contribution is -2.44. The zero-order valence-electron chi connectivity index (χ0n) is 16.7. The maximum atomic E-state index is 12.5. The van der Waals surface area contributed by atoms with Crippen molar-refractivity contribution in [3.63, 3.8) is 0 Å². The topological polar surface area (TPSA) is 96.7 Å².